The number of aromatic nitrogens is 4. The average molecular weight is 229 g/mol. The molecule has 0 saturated heterocycles. The zero-order chi connectivity index (χ0) is 10.8. The highest BCUT2D eigenvalue weighted by molar-refractivity contribution is 6.28. The van der Waals surface area contributed by atoms with Crippen LogP contribution in [0.3, 0.4) is 0 Å². The summed E-state index contributed by atoms with van der Waals surface area (Å²) in [6.07, 6.45) is 2.46. The normalized spacial score (nSPS) is 10.5. The maximum Gasteiger partial charge on any atom is 0.357 e. The van der Waals surface area contributed by atoms with Crippen molar-refractivity contribution in [1.29, 1.82) is 0 Å². The molecule has 0 aliphatic carbocycles. The van der Waals surface area contributed by atoms with Gasteiger partial charge in [-0.1, -0.05) is 0 Å². The first-order chi connectivity index (χ1) is 7.15. The van der Waals surface area contributed by atoms with Crippen molar-refractivity contribution in [2.45, 2.75) is 6.54 Å². The summed E-state index contributed by atoms with van der Waals surface area (Å²) in [4.78, 5) is 17.9. The number of oxazole rings is 1. The highest BCUT2D eigenvalue weighted by atomic mass is 35.5. The van der Waals surface area contributed by atoms with E-state index in [1.165, 1.54) is 11.0 Å². The molecule has 78 valence electrons. The molecule has 2 aromatic heterocycles. The van der Waals surface area contributed by atoms with Crippen LogP contribution < -0.4 is 0 Å². The van der Waals surface area contributed by atoms with Gasteiger partial charge in [-0.3, -0.25) is 0 Å². The second-order valence-electron chi connectivity index (χ2n) is 2.64. The van der Waals surface area contributed by atoms with Gasteiger partial charge in [-0.05, 0) is 11.6 Å². The Morgan fingerprint density at radius 1 is 1.67 bits per heavy atom. The Kier molecular flexibility index (Phi) is 2.38. The lowest BCUT2D eigenvalue weighted by molar-refractivity contribution is 0.0690. The molecule has 0 atom stereocenters. The SMILES string of the molecule is O=C(O)c1coc(Cn2cnc(Cl)n2)n1. The third-order valence-corrected chi connectivity index (χ3v) is 1.75. The van der Waals surface area contributed by atoms with E-state index >= 15 is 0 Å². The minimum Gasteiger partial charge on any atom is -0.476 e. The maximum absolute atomic E-state index is 10.5. The molecule has 7 nitrogen and oxygen atoms in total. The molecule has 0 spiro atoms. The molecule has 2 rings (SSSR count). The van der Waals surface area contributed by atoms with Gasteiger partial charge in [-0.2, -0.15) is 0 Å². The van der Waals surface area contributed by atoms with Crippen molar-refractivity contribution < 1.29 is 14.3 Å². The van der Waals surface area contributed by atoms with E-state index in [-0.39, 0.29) is 23.4 Å². The van der Waals surface area contributed by atoms with E-state index in [1.54, 1.807) is 0 Å². The summed E-state index contributed by atoms with van der Waals surface area (Å²) < 4.78 is 6.30. The predicted molar refractivity (Wildman–Crippen MR) is 47.6 cm³/mol. The van der Waals surface area contributed by atoms with Gasteiger partial charge in [-0.25, -0.2) is 19.4 Å². The van der Waals surface area contributed by atoms with Crippen molar-refractivity contribution in [3.05, 3.63) is 29.5 Å². The third kappa shape index (κ3) is 2.13. The number of carboxylic acid groups (broad SMARTS) is 1. The quantitative estimate of drug-likeness (QED) is 0.830. The number of rotatable bonds is 3. The number of carbonyl (C=O) groups is 1. The van der Waals surface area contributed by atoms with Crippen LogP contribution in [0.2, 0.25) is 5.28 Å². The number of nitrogens with zero attached hydrogens (tertiary/aromatic N) is 4. The van der Waals surface area contributed by atoms with Gasteiger partial charge in [0.25, 0.3) is 0 Å². The van der Waals surface area contributed by atoms with Crippen LogP contribution >= 0.6 is 11.6 Å². The Morgan fingerprint density at radius 2 is 2.47 bits per heavy atom. The fraction of sp³-hybridized carbons (Fsp3) is 0.143. The fourth-order valence-corrected chi connectivity index (χ4v) is 1.11. The Labute approximate surface area is 88.3 Å². The molecule has 0 bridgehead atoms. The van der Waals surface area contributed by atoms with Crippen LogP contribution in [0.15, 0.2) is 17.0 Å². The lowest BCUT2D eigenvalue weighted by Gasteiger charge is -1.92. The standard InChI is InChI=1S/C7H5ClN4O3/c8-7-9-3-12(11-7)1-5-10-4(2-15-5)6(13)14/h2-3H,1H2,(H,13,14). The summed E-state index contributed by atoms with van der Waals surface area (Å²) >= 11 is 5.49. The minimum atomic E-state index is -1.14. The molecule has 0 unspecified atom stereocenters. The molecule has 1 N–H and O–H groups in total. The zero-order valence-electron chi connectivity index (χ0n) is 7.29. The summed E-state index contributed by atoms with van der Waals surface area (Å²) in [6.45, 7) is 0.187. The smallest absolute Gasteiger partial charge is 0.357 e. The predicted octanol–water partition coefficient (Wildman–Crippen LogP) is 0.666. The second kappa shape index (κ2) is 3.70. The Hall–Kier alpha value is -1.89. The largest absolute Gasteiger partial charge is 0.476 e. The van der Waals surface area contributed by atoms with Gasteiger partial charge in [-0.15, -0.1) is 5.10 Å². The van der Waals surface area contributed by atoms with Crippen molar-refractivity contribution in [2.75, 3.05) is 0 Å². The first-order valence-electron chi connectivity index (χ1n) is 3.88. The number of hydrogen-bond acceptors (Lipinski definition) is 5. The average Bonchev–Trinajstić information content (AvgIpc) is 2.76. The van der Waals surface area contributed by atoms with E-state index < -0.39 is 5.97 Å². The van der Waals surface area contributed by atoms with Crippen LogP contribution in [-0.4, -0.2) is 30.8 Å². The molecule has 15 heavy (non-hydrogen) atoms. The van der Waals surface area contributed by atoms with Gasteiger partial charge in [0.2, 0.25) is 11.2 Å². The van der Waals surface area contributed by atoms with Gasteiger partial charge >= 0.3 is 5.97 Å². The Bertz CT molecular complexity index is 492. The van der Waals surface area contributed by atoms with E-state index in [0.717, 1.165) is 6.26 Å². The Balaban J connectivity index is 2.14. The van der Waals surface area contributed by atoms with Crippen molar-refractivity contribution >= 4 is 17.6 Å². The summed E-state index contributed by atoms with van der Waals surface area (Å²) in [5.41, 5.74) is -0.142. The number of aromatic carboxylic acids is 1. The maximum atomic E-state index is 10.5. The van der Waals surface area contributed by atoms with E-state index in [2.05, 4.69) is 15.1 Å². The first kappa shape index (κ1) is 9.66. The van der Waals surface area contributed by atoms with Gasteiger partial charge in [0.05, 0.1) is 0 Å². The highest BCUT2D eigenvalue weighted by Crippen LogP contribution is 2.05. The van der Waals surface area contributed by atoms with Gasteiger partial charge < -0.3 is 9.52 Å². The van der Waals surface area contributed by atoms with Gasteiger partial charge in [0, 0.05) is 0 Å². The van der Waals surface area contributed by atoms with Gasteiger partial charge in [0.1, 0.15) is 19.1 Å². The molecule has 0 aromatic carbocycles. The van der Waals surface area contributed by atoms with E-state index in [0.29, 0.717) is 0 Å². The highest BCUT2D eigenvalue weighted by Gasteiger charge is 2.10. The molecule has 2 aromatic rings. The summed E-state index contributed by atoms with van der Waals surface area (Å²) in [5.74, 6) is -0.907. The molecule has 0 radical (unpaired) electrons. The molecule has 0 saturated carbocycles. The number of carboxylic acids is 1. The lowest BCUT2D eigenvalue weighted by Crippen LogP contribution is -2.02. The second-order valence-corrected chi connectivity index (χ2v) is 2.98. The van der Waals surface area contributed by atoms with E-state index in [9.17, 15) is 4.79 Å². The lowest BCUT2D eigenvalue weighted by atomic mass is 10.5. The Morgan fingerprint density at radius 3 is 3.00 bits per heavy atom. The van der Waals surface area contributed by atoms with Crippen molar-refractivity contribution in [3.8, 4) is 0 Å². The van der Waals surface area contributed by atoms with Crippen molar-refractivity contribution in [1.82, 2.24) is 19.7 Å². The summed E-state index contributed by atoms with van der Waals surface area (Å²) in [6, 6.07) is 0. The molecule has 0 amide bonds. The fourth-order valence-electron chi connectivity index (χ4n) is 0.968. The van der Waals surface area contributed by atoms with E-state index in [1.807, 2.05) is 0 Å². The van der Waals surface area contributed by atoms with Crippen LogP contribution in [0.1, 0.15) is 16.4 Å². The van der Waals surface area contributed by atoms with Crippen LogP contribution in [0.4, 0.5) is 0 Å². The van der Waals surface area contributed by atoms with E-state index in [4.69, 9.17) is 21.1 Å². The van der Waals surface area contributed by atoms with Crippen molar-refractivity contribution in [3.63, 3.8) is 0 Å². The van der Waals surface area contributed by atoms with Crippen LogP contribution in [-0.2, 0) is 6.54 Å². The zero-order valence-corrected chi connectivity index (χ0v) is 8.05. The number of halogens is 1. The molecular formula is C7H5ClN4O3. The molecule has 2 heterocycles. The minimum absolute atomic E-state index is 0.111. The topological polar surface area (TPSA) is 94.0 Å². The van der Waals surface area contributed by atoms with Crippen LogP contribution in [0, 0.1) is 0 Å². The first-order valence-corrected chi connectivity index (χ1v) is 4.25. The monoisotopic (exact) mass is 228 g/mol. The summed E-state index contributed by atoms with van der Waals surface area (Å²) in [7, 11) is 0. The van der Waals surface area contributed by atoms with Crippen LogP contribution in [0.5, 0.6) is 0 Å². The van der Waals surface area contributed by atoms with Crippen LogP contribution in [0.25, 0.3) is 0 Å². The molecule has 0 fully saturated rings. The molecule has 0 aliphatic rings. The summed E-state index contributed by atoms with van der Waals surface area (Å²) in [5, 5.41) is 12.5. The molecule has 8 heteroatoms. The number of hydrogen-bond donors (Lipinski definition) is 1. The molecular weight excluding hydrogens is 224 g/mol. The van der Waals surface area contributed by atoms with Crippen molar-refractivity contribution in [2.24, 2.45) is 0 Å². The molecule has 0 aliphatic heterocycles. The van der Waals surface area contributed by atoms with Gasteiger partial charge in [0.15, 0.2) is 5.69 Å². The third-order valence-electron chi connectivity index (χ3n) is 1.58.